The Hall–Kier alpha value is -1.02. The largest absolute Gasteiger partial charge is 0.491 e. The Morgan fingerprint density at radius 3 is 2.24 bits per heavy atom. The molecule has 2 rings (SSSR count). The van der Waals surface area contributed by atoms with Crippen molar-refractivity contribution in [3.8, 4) is 5.75 Å². The average molecular weight is 290 g/mol. The van der Waals surface area contributed by atoms with Gasteiger partial charge in [0.05, 0.1) is 12.7 Å². The Bertz CT molecular complexity index is 391. The molecule has 1 atom stereocenters. The molecule has 1 aromatic rings. The number of hydrogen-bond acceptors (Lipinski definition) is 2. The Morgan fingerprint density at radius 1 is 0.952 bits per heavy atom. The first kappa shape index (κ1) is 16.4. The summed E-state index contributed by atoms with van der Waals surface area (Å²) in [6.07, 6.45) is 7.17. The fourth-order valence-electron chi connectivity index (χ4n) is 2.86. The summed E-state index contributed by atoms with van der Waals surface area (Å²) in [6, 6.07) is 8.69. The van der Waals surface area contributed by atoms with E-state index in [-0.39, 0.29) is 0 Å². The van der Waals surface area contributed by atoms with Crippen LogP contribution in [0.25, 0.3) is 0 Å². The molecule has 0 heterocycles. The zero-order valence-corrected chi connectivity index (χ0v) is 13.8. The Kier molecular flexibility index (Phi) is 6.56. The summed E-state index contributed by atoms with van der Waals surface area (Å²) >= 11 is 0. The molecule has 0 aliphatic heterocycles. The van der Waals surface area contributed by atoms with Crippen molar-refractivity contribution in [1.82, 2.24) is 0 Å². The normalized spacial score (nSPS) is 17.9. The van der Waals surface area contributed by atoms with E-state index in [1.165, 1.54) is 37.7 Å². The molecule has 1 aliphatic carbocycles. The molecule has 118 valence electrons. The second kappa shape index (κ2) is 8.43. The quantitative estimate of drug-likeness (QED) is 0.645. The molecule has 21 heavy (non-hydrogen) atoms. The van der Waals surface area contributed by atoms with Gasteiger partial charge in [0.1, 0.15) is 12.4 Å². The lowest BCUT2D eigenvalue weighted by atomic mass is 9.84. The van der Waals surface area contributed by atoms with Gasteiger partial charge in [-0.15, -0.1) is 0 Å². The van der Waals surface area contributed by atoms with E-state index < -0.39 is 0 Å². The molecule has 0 N–H and O–H groups in total. The zero-order chi connectivity index (χ0) is 15.1. The van der Waals surface area contributed by atoms with Crippen LogP contribution in [-0.4, -0.2) is 19.3 Å². The molecule has 0 spiro atoms. The van der Waals surface area contributed by atoms with Gasteiger partial charge in [-0.05, 0) is 49.3 Å². The lowest BCUT2D eigenvalue weighted by molar-refractivity contribution is 0.0188. The van der Waals surface area contributed by atoms with Crippen molar-refractivity contribution in [1.29, 1.82) is 0 Å². The highest BCUT2D eigenvalue weighted by Gasteiger charge is 2.15. The molecular formula is C19H30O2. The van der Waals surface area contributed by atoms with Crippen molar-refractivity contribution in [2.75, 3.05) is 13.2 Å². The fourth-order valence-corrected chi connectivity index (χ4v) is 2.86. The summed E-state index contributed by atoms with van der Waals surface area (Å²) in [6.45, 7) is 7.75. The zero-order valence-electron chi connectivity index (χ0n) is 13.8. The van der Waals surface area contributed by atoms with Crippen LogP contribution in [0.15, 0.2) is 24.3 Å². The van der Waals surface area contributed by atoms with Gasteiger partial charge in [0.15, 0.2) is 0 Å². The lowest BCUT2D eigenvalue weighted by Gasteiger charge is -2.22. The molecular weight excluding hydrogens is 260 g/mol. The van der Waals surface area contributed by atoms with Gasteiger partial charge in [-0.25, -0.2) is 0 Å². The van der Waals surface area contributed by atoms with Crippen molar-refractivity contribution < 1.29 is 9.47 Å². The molecule has 0 amide bonds. The van der Waals surface area contributed by atoms with Gasteiger partial charge in [-0.2, -0.15) is 0 Å². The molecule has 2 nitrogen and oxygen atoms in total. The maximum absolute atomic E-state index is 5.75. The molecule has 1 aromatic carbocycles. The van der Waals surface area contributed by atoms with Crippen LogP contribution in [0.4, 0.5) is 0 Å². The second-order valence-corrected chi connectivity index (χ2v) is 6.57. The molecule has 0 bridgehead atoms. The van der Waals surface area contributed by atoms with Gasteiger partial charge in [0.25, 0.3) is 0 Å². The van der Waals surface area contributed by atoms with Crippen LogP contribution < -0.4 is 4.74 Å². The Morgan fingerprint density at radius 2 is 1.62 bits per heavy atom. The fraction of sp³-hybridized carbons (Fsp3) is 0.684. The third-order valence-electron chi connectivity index (χ3n) is 4.63. The van der Waals surface area contributed by atoms with E-state index in [1.54, 1.807) is 0 Å². The van der Waals surface area contributed by atoms with Crippen molar-refractivity contribution in [2.45, 2.75) is 64.9 Å². The van der Waals surface area contributed by atoms with E-state index in [9.17, 15) is 0 Å². The standard InChI is InChI=1S/C19H30O2/c1-15(2)16(3)20-13-14-21-19-11-9-18(10-12-19)17-7-5-4-6-8-17/h9-12,15-17H,4-8,13-14H2,1-3H3. The third-order valence-corrected chi connectivity index (χ3v) is 4.63. The van der Waals surface area contributed by atoms with Crippen LogP contribution in [0.2, 0.25) is 0 Å². The molecule has 1 unspecified atom stereocenters. The van der Waals surface area contributed by atoms with Crippen molar-refractivity contribution in [2.24, 2.45) is 5.92 Å². The smallest absolute Gasteiger partial charge is 0.119 e. The molecule has 1 fully saturated rings. The Labute approximate surface area is 129 Å². The highest BCUT2D eigenvalue weighted by atomic mass is 16.5. The van der Waals surface area contributed by atoms with E-state index in [2.05, 4.69) is 45.0 Å². The third kappa shape index (κ3) is 5.35. The molecule has 0 aromatic heterocycles. The first-order chi connectivity index (χ1) is 10.2. The minimum atomic E-state index is 0.294. The van der Waals surface area contributed by atoms with Gasteiger partial charge < -0.3 is 9.47 Å². The summed E-state index contributed by atoms with van der Waals surface area (Å²) in [4.78, 5) is 0. The molecule has 0 radical (unpaired) electrons. The lowest BCUT2D eigenvalue weighted by Crippen LogP contribution is -2.19. The van der Waals surface area contributed by atoms with Crippen LogP contribution in [0, 0.1) is 5.92 Å². The van der Waals surface area contributed by atoms with Crippen molar-refractivity contribution in [3.63, 3.8) is 0 Å². The first-order valence-corrected chi connectivity index (χ1v) is 8.51. The predicted molar refractivity (Wildman–Crippen MR) is 88.0 cm³/mol. The molecule has 0 saturated heterocycles. The highest BCUT2D eigenvalue weighted by molar-refractivity contribution is 5.29. The van der Waals surface area contributed by atoms with Crippen LogP contribution in [0.5, 0.6) is 5.75 Å². The van der Waals surface area contributed by atoms with E-state index in [4.69, 9.17) is 9.47 Å². The monoisotopic (exact) mass is 290 g/mol. The van der Waals surface area contributed by atoms with Crippen LogP contribution in [-0.2, 0) is 4.74 Å². The van der Waals surface area contributed by atoms with Crippen molar-refractivity contribution in [3.05, 3.63) is 29.8 Å². The van der Waals surface area contributed by atoms with Gasteiger partial charge >= 0.3 is 0 Å². The summed E-state index contributed by atoms with van der Waals surface area (Å²) in [5, 5.41) is 0. The highest BCUT2D eigenvalue weighted by Crippen LogP contribution is 2.33. The van der Waals surface area contributed by atoms with E-state index >= 15 is 0 Å². The topological polar surface area (TPSA) is 18.5 Å². The summed E-state index contributed by atoms with van der Waals surface area (Å²) < 4.78 is 11.5. The van der Waals surface area contributed by atoms with Crippen LogP contribution >= 0.6 is 0 Å². The minimum absolute atomic E-state index is 0.294. The molecule has 1 aliphatic rings. The van der Waals surface area contributed by atoms with Crippen LogP contribution in [0.1, 0.15) is 64.4 Å². The number of rotatable bonds is 7. The van der Waals surface area contributed by atoms with Crippen molar-refractivity contribution >= 4 is 0 Å². The molecule has 1 saturated carbocycles. The predicted octanol–water partition coefficient (Wildman–Crippen LogP) is 5.17. The first-order valence-electron chi connectivity index (χ1n) is 8.51. The maximum atomic E-state index is 5.75. The van der Waals surface area contributed by atoms with E-state index in [0.717, 1.165) is 11.7 Å². The van der Waals surface area contributed by atoms with Gasteiger partial charge in [0.2, 0.25) is 0 Å². The minimum Gasteiger partial charge on any atom is -0.491 e. The number of benzene rings is 1. The van der Waals surface area contributed by atoms with Crippen LogP contribution in [0.3, 0.4) is 0 Å². The van der Waals surface area contributed by atoms with Gasteiger partial charge in [-0.1, -0.05) is 45.2 Å². The van der Waals surface area contributed by atoms with Gasteiger partial charge in [0, 0.05) is 0 Å². The summed E-state index contributed by atoms with van der Waals surface area (Å²) in [7, 11) is 0. The SMILES string of the molecule is CC(C)C(C)OCCOc1ccc(C2CCCCC2)cc1. The maximum Gasteiger partial charge on any atom is 0.119 e. The van der Waals surface area contributed by atoms with E-state index in [0.29, 0.717) is 25.2 Å². The summed E-state index contributed by atoms with van der Waals surface area (Å²) in [5.41, 5.74) is 1.48. The second-order valence-electron chi connectivity index (χ2n) is 6.57. The van der Waals surface area contributed by atoms with E-state index in [1.807, 2.05) is 0 Å². The summed E-state index contributed by atoms with van der Waals surface area (Å²) in [5.74, 6) is 2.28. The molecule has 2 heteroatoms. The number of ether oxygens (including phenoxy) is 2. The van der Waals surface area contributed by atoms with Gasteiger partial charge in [-0.3, -0.25) is 0 Å². The Balaban J connectivity index is 1.72. The number of hydrogen-bond donors (Lipinski definition) is 0. The average Bonchev–Trinajstić information content (AvgIpc) is 2.52.